The number of hydrogen-bond donors (Lipinski definition) is 0. The number of rotatable bonds is 9. The molecule has 0 unspecified atom stereocenters. The molecule has 1 fully saturated rings. The molecule has 1 saturated heterocycles. The van der Waals surface area contributed by atoms with E-state index in [2.05, 4.69) is 4.74 Å². The molecule has 1 aromatic carbocycles. The first-order valence-electron chi connectivity index (χ1n) is 9.91. The fourth-order valence-electron chi connectivity index (χ4n) is 3.64. The SMILES string of the molecule is COc1cc(C(=O)OCC(=O)c2cc(C)n(C[C@@H]3CCCO3)c2C)ccc1OC(F)F. The van der Waals surface area contributed by atoms with E-state index in [1.54, 1.807) is 6.07 Å². The number of halogens is 2. The second kappa shape index (κ2) is 9.91. The molecule has 1 aliphatic heterocycles. The Bertz CT molecular complexity index is 950. The van der Waals surface area contributed by atoms with Crippen molar-refractivity contribution in [2.75, 3.05) is 20.3 Å². The van der Waals surface area contributed by atoms with Gasteiger partial charge in [0.05, 0.1) is 18.8 Å². The molecule has 2 heterocycles. The third-order valence-electron chi connectivity index (χ3n) is 5.23. The molecule has 0 bridgehead atoms. The summed E-state index contributed by atoms with van der Waals surface area (Å²) in [5, 5.41) is 0. The Morgan fingerprint density at radius 2 is 2.00 bits per heavy atom. The Kier molecular flexibility index (Phi) is 7.27. The fraction of sp³-hybridized carbons (Fsp3) is 0.455. The van der Waals surface area contributed by atoms with E-state index in [0.717, 1.165) is 30.8 Å². The van der Waals surface area contributed by atoms with E-state index in [1.165, 1.54) is 25.3 Å². The molecule has 0 aliphatic carbocycles. The smallest absolute Gasteiger partial charge is 0.387 e. The summed E-state index contributed by atoms with van der Waals surface area (Å²) in [5.74, 6) is -1.35. The molecule has 1 aromatic heterocycles. The van der Waals surface area contributed by atoms with Gasteiger partial charge < -0.3 is 23.5 Å². The monoisotopic (exact) mass is 437 g/mol. The van der Waals surface area contributed by atoms with Crippen LogP contribution in [-0.4, -0.2) is 49.4 Å². The molecule has 1 aliphatic rings. The number of hydrogen-bond acceptors (Lipinski definition) is 6. The van der Waals surface area contributed by atoms with Crippen molar-refractivity contribution in [1.82, 2.24) is 4.57 Å². The lowest BCUT2D eigenvalue weighted by atomic mass is 10.1. The third-order valence-corrected chi connectivity index (χ3v) is 5.23. The van der Waals surface area contributed by atoms with Crippen LogP contribution in [0.2, 0.25) is 0 Å². The second-order valence-electron chi connectivity index (χ2n) is 7.27. The maximum Gasteiger partial charge on any atom is 0.387 e. The van der Waals surface area contributed by atoms with Crippen molar-refractivity contribution in [3.63, 3.8) is 0 Å². The van der Waals surface area contributed by atoms with Gasteiger partial charge in [-0.2, -0.15) is 8.78 Å². The lowest BCUT2D eigenvalue weighted by molar-refractivity contribution is -0.0512. The van der Waals surface area contributed by atoms with Gasteiger partial charge in [0.2, 0.25) is 5.78 Å². The predicted octanol–water partition coefficient (Wildman–Crippen LogP) is 3.93. The van der Waals surface area contributed by atoms with Gasteiger partial charge in [-0.3, -0.25) is 4.79 Å². The van der Waals surface area contributed by atoms with Gasteiger partial charge in [-0.05, 0) is 51.0 Å². The Balaban J connectivity index is 1.64. The Hall–Kier alpha value is -2.94. The average molecular weight is 437 g/mol. The van der Waals surface area contributed by atoms with Crippen LogP contribution in [0.3, 0.4) is 0 Å². The van der Waals surface area contributed by atoms with Gasteiger partial charge in [-0.1, -0.05) is 0 Å². The van der Waals surface area contributed by atoms with Crippen molar-refractivity contribution in [1.29, 1.82) is 0 Å². The average Bonchev–Trinajstić information content (AvgIpc) is 3.35. The van der Waals surface area contributed by atoms with Crippen molar-refractivity contribution >= 4 is 11.8 Å². The standard InChI is InChI=1S/C22H25F2NO6/c1-13-9-17(14(2)25(13)11-16-5-4-8-29-16)18(26)12-30-21(27)15-6-7-19(31-22(23)24)20(10-15)28-3/h6-7,9-10,16,22H,4-5,8,11-12H2,1-3H3/t16-/m0/s1. The number of carbonyl (C=O) groups excluding carboxylic acids is 2. The first kappa shape index (κ1) is 22.7. The number of benzene rings is 1. The van der Waals surface area contributed by atoms with Crippen LogP contribution >= 0.6 is 0 Å². The summed E-state index contributed by atoms with van der Waals surface area (Å²) in [6.07, 6.45) is 2.16. The summed E-state index contributed by atoms with van der Waals surface area (Å²) in [6, 6.07) is 5.45. The summed E-state index contributed by atoms with van der Waals surface area (Å²) < 4.78 is 47.0. The van der Waals surface area contributed by atoms with E-state index >= 15 is 0 Å². The van der Waals surface area contributed by atoms with Crippen LogP contribution in [0, 0.1) is 13.8 Å². The molecule has 31 heavy (non-hydrogen) atoms. The number of aryl methyl sites for hydroxylation is 1. The highest BCUT2D eigenvalue weighted by Gasteiger charge is 2.22. The molecular formula is C22H25F2NO6. The van der Waals surface area contributed by atoms with E-state index in [9.17, 15) is 18.4 Å². The highest BCUT2D eigenvalue weighted by atomic mass is 19.3. The summed E-state index contributed by atoms with van der Waals surface area (Å²) in [7, 11) is 1.26. The van der Waals surface area contributed by atoms with Crippen LogP contribution in [0.4, 0.5) is 8.78 Å². The first-order chi connectivity index (χ1) is 14.8. The minimum Gasteiger partial charge on any atom is -0.493 e. The largest absolute Gasteiger partial charge is 0.493 e. The van der Waals surface area contributed by atoms with Gasteiger partial charge in [0, 0.05) is 30.1 Å². The van der Waals surface area contributed by atoms with Crippen molar-refractivity contribution in [3.8, 4) is 11.5 Å². The molecular weight excluding hydrogens is 412 g/mol. The topological polar surface area (TPSA) is 76.0 Å². The van der Waals surface area contributed by atoms with Crippen molar-refractivity contribution in [3.05, 3.63) is 46.8 Å². The maximum atomic E-state index is 12.7. The molecule has 1 atom stereocenters. The van der Waals surface area contributed by atoms with Crippen molar-refractivity contribution in [2.45, 2.75) is 45.9 Å². The lowest BCUT2D eigenvalue weighted by Gasteiger charge is -2.14. The number of nitrogens with zero attached hydrogens (tertiary/aromatic N) is 1. The molecule has 0 radical (unpaired) electrons. The van der Waals surface area contributed by atoms with Gasteiger partial charge in [-0.25, -0.2) is 4.79 Å². The van der Waals surface area contributed by atoms with Gasteiger partial charge in [-0.15, -0.1) is 0 Å². The van der Waals surface area contributed by atoms with Crippen molar-refractivity contribution in [2.24, 2.45) is 0 Å². The molecule has 7 nitrogen and oxygen atoms in total. The van der Waals surface area contributed by atoms with Crippen LogP contribution in [0.25, 0.3) is 0 Å². The first-order valence-corrected chi connectivity index (χ1v) is 9.91. The minimum atomic E-state index is -3.02. The zero-order valence-electron chi connectivity index (χ0n) is 17.7. The number of Topliss-reactive ketones (excluding diaryl/α,β-unsaturated/α-hetero) is 1. The normalized spacial score (nSPS) is 15.9. The van der Waals surface area contributed by atoms with Gasteiger partial charge in [0.15, 0.2) is 18.1 Å². The number of alkyl halides is 2. The van der Waals surface area contributed by atoms with Crippen LogP contribution < -0.4 is 9.47 Å². The van der Waals surface area contributed by atoms with Gasteiger partial charge in [0.1, 0.15) is 0 Å². The maximum absolute atomic E-state index is 12.7. The van der Waals surface area contributed by atoms with Crippen molar-refractivity contribution < 1.29 is 37.3 Å². The predicted molar refractivity (Wildman–Crippen MR) is 107 cm³/mol. The molecule has 0 saturated carbocycles. The summed E-state index contributed by atoms with van der Waals surface area (Å²) in [6.45, 7) is 1.73. The zero-order chi connectivity index (χ0) is 22.5. The molecule has 0 amide bonds. The highest BCUT2D eigenvalue weighted by Crippen LogP contribution is 2.29. The third kappa shape index (κ3) is 5.41. The Labute approximate surface area is 178 Å². The number of ketones is 1. The van der Waals surface area contributed by atoms with Gasteiger partial charge >= 0.3 is 12.6 Å². The quantitative estimate of drug-likeness (QED) is 0.437. The summed E-state index contributed by atoms with van der Waals surface area (Å²) in [4.78, 5) is 25.0. The summed E-state index contributed by atoms with van der Waals surface area (Å²) >= 11 is 0. The lowest BCUT2D eigenvalue weighted by Crippen LogP contribution is -2.18. The number of methoxy groups -OCH3 is 1. The zero-order valence-corrected chi connectivity index (χ0v) is 17.7. The van der Waals surface area contributed by atoms with E-state index in [1.807, 2.05) is 18.4 Å². The van der Waals surface area contributed by atoms with Crippen LogP contribution in [-0.2, 0) is 16.0 Å². The van der Waals surface area contributed by atoms with E-state index in [0.29, 0.717) is 12.1 Å². The molecule has 0 N–H and O–H groups in total. The molecule has 168 valence electrons. The number of aromatic nitrogens is 1. The highest BCUT2D eigenvalue weighted by molar-refractivity contribution is 6.00. The molecule has 3 rings (SSSR count). The molecule has 9 heteroatoms. The van der Waals surface area contributed by atoms with Gasteiger partial charge in [0.25, 0.3) is 0 Å². The van der Waals surface area contributed by atoms with Crippen LogP contribution in [0.1, 0.15) is 44.9 Å². The number of ether oxygens (including phenoxy) is 4. The van der Waals surface area contributed by atoms with Crippen LogP contribution in [0.5, 0.6) is 11.5 Å². The van der Waals surface area contributed by atoms with E-state index in [-0.39, 0.29) is 28.9 Å². The molecule has 0 spiro atoms. The second-order valence-corrected chi connectivity index (χ2v) is 7.27. The molecule has 2 aromatic rings. The van der Waals surface area contributed by atoms with Crippen LogP contribution in [0.15, 0.2) is 24.3 Å². The summed E-state index contributed by atoms with van der Waals surface area (Å²) in [5.41, 5.74) is 2.27. The van der Waals surface area contributed by atoms with E-state index < -0.39 is 19.2 Å². The Morgan fingerprint density at radius 3 is 2.65 bits per heavy atom. The fourth-order valence-corrected chi connectivity index (χ4v) is 3.64. The minimum absolute atomic E-state index is 0.0428. The Morgan fingerprint density at radius 1 is 1.23 bits per heavy atom. The number of carbonyl (C=O) groups is 2. The number of esters is 1. The van der Waals surface area contributed by atoms with E-state index in [4.69, 9.17) is 14.2 Å².